The first-order valence-corrected chi connectivity index (χ1v) is 12.6. The predicted molar refractivity (Wildman–Crippen MR) is 132 cm³/mol. The van der Waals surface area contributed by atoms with Gasteiger partial charge in [-0.2, -0.15) is 0 Å². The average molecular weight is 500 g/mol. The Bertz CT molecular complexity index is 1120. The lowest BCUT2D eigenvalue weighted by molar-refractivity contribution is -0.132. The number of rotatable bonds is 8. The molecule has 4 rings (SSSR count). The van der Waals surface area contributed by atoms with Crippen molar-refractivity contribution >= 4 is 40.2 Å². The van der Waals surface area contributed by atoms with Gasteiger partial charge in [0, 0.05) is 23.9 Å². The van der Waals surface area contributed by atoms with Crippen molar-refractivity contribution in [3.63, 3.8) is 0 Å². The number of carbonyl (C=O) groups excluding carboxylic acids is 4. The molecule has 0 unspecified atom stereocenters. The van der Waals surface area contributed by atoms with Gasteiger partial charge in [-0.05, 0) is 37.5 Å². The molecule has 2 aliphatic rings. The normalized spacial score (nSPS) is 16.8. The summed E-state index contributed by atoms with van der Waals surface area (Å²) in [6, 6.07) is 6.78. The summed E-state index contributed by atoms with van der Waals surface area (Å²) < 4.78 is 10.4. The van der Waals surface area contributed by atoms with Crippen LogP contribution in [0.4, 0.5) is 9.80 Å². The van der Waals surface area contributed by atoms with Gasteiger partial charge in [-0.3, -0.25) is 14.5 Å². The molecule has 9 nitrogen and oxygen atoms in total. The fourth-order valence-corrected chi connectivity index (χ4v) is 5.59. The second-order valence-electron chi connectivity index (χ2n) is 8.63. The second-order valence-corrected chi connectivity index (χ2v) is 9.51. The van der Waals surface area contributed by atoms with Gasteiger partial charge in [0.05, 0.1) is 13.7 Å². The molecular formula is C25H29N3O6S. The molecule has 186 valence electrons. The van der Waals surface area contributed by atoms with Crippen LogP contribution in [0.1, 0.15) is 55.8 Å². The molecular weight excluding hydrogens is 470 g/mol. The molecule has 1 spiro atoms. The maximum atomic E-state index is 12.9. The molecule has 0 atom stereocenters. The van der Waals surface area contributed by atoms with Crippen molar-refractivity contribution in [2.75, 3.05) is 25.6 Å². The van der Waals surface area contributed by atoms with E-state index in [1.807, 2.05) is 12.1 Å². The standard InChI is InChI=1S/C25H29N3O6S/c1-3-34-22(30)20-18(16-7-9-17(33-2)10-8-16)15-35-21(20)26-19(29)11-14-28-23(31)25(27-24(28)32)12-5-4-6-13-25/h7-10,15H,3-6,11-14H2,1-2H3,(H,26,29)(H,27,32). The molecule has 1 aromatic heterocycles. The van der Waals surface area contributed by atoms with Crippen LogP contribution in [-0.4, -0.2) is 54.5 Å². The molecule has 0 radical (unpaired) electrons. The van der Waals surface area contributed by atoms with Crippen molar-refractivity contribution in [2.45, 2.75) is 51.0 Å². The van der Waals surface area contributed by atoms with Gasteiger partial charge in [-0.25, -0.2) is 9.59 Å². The topological polar surface area (TPSA) is 114 Å². The van der Waals surface area contributed by atoms with Crippen molar-refractivity contribution < 1.29 is 28.7 Å². The number of methoxy groups -OCH3 is 1. The first-order chi connectivity index (χ1) is 16.9. The van der Waals surface area contributed by atoms with E-state index in [0.29, 0.717) is 29.2 Å². The van der Waals surface area contributed by atoms with Crippen molar-refractivity contribution in [1.82, 2.24) is 10.2 Å². The van der Waals surface area contributed by atoms with Crippen LogP contribution < -0.4 is 15.4 Å². The number of hydrogen-bond donors (Lipinski definition) is 2. The minimum atomic E-state index is -0.816. The van der Waals surface area contributed by atoms with Crippen LogP contribution in [0.5, 0.6) is 5.75 Å². The predicted octanol–water partition coefficient (Wildman–Crippen LogP) is 4.18. The zero-order chi connectivity index (χ0) is 25.0. The Morgan fingerprint density at radius 2 is 1.86 bits per heavy atom. The molecule has 1 aliphatic heterocycles. The Morgan fingerprint density at radius 1 is 1.14 bits per heavy atom. The van der Waals surface area contributed by atoms with Crippen LogP contribution in [-0.2, 0) is 14.3 Å². The molecule has 1 aliphatic carbocycles. The van der Waals surface area contributed by atoms with Crippen LogP contribution in [0.15, 0.2) is 29.6 Å². The fraction of sp³-hybridized carbons (Fsp3) is 0.440. The number of carbonyl (C=O) groups is 4. The highest BCUT2D eigenvalue weighted by molar-refractivity contribution is 7.15. The Morgan fingerprint density at radius 3 is 2.51 bits per heavy atom. The third-order valence-electron chi connectivity index (χ3n) is 6.44. The molecule has 4 amide bonds. The third kappa shape index (κ3) is 5.02. The van der Waals surface area contributed by atoms with Crippen LogP contribution in [0.2, 0.25) is 0 Å². The zero-order valence-corrected chi connectivity index (χ0v) is 20.7. The number of hydrogen-bond acceptors (Lipinski definition) is 7. The van der Waals surface area contributed by atoms with Crippen molar-refractivity contribution in [1.29, 1.82) is 0 Å². The summed E-state index contributed by atoms with van der Waals surface area (Å²) in [4.78, 5) is 52.0. The van der Waals surface area contributed by atoms with E-state index in [1.165, 1.54) is 11.3 Å². The summed E-state index contributed by atoms with van der Waals surface area (Å²) >= 11 is 1.22. The Hall–Kier alpha value is -3.40. The summed E-state index contributed by atoms with van der Waals surface area (Å²) in [6.45, 7) is 1.88. The molecule has 35 heavy (non-hydrogen) atoms. The number of anilines is 1. The maximum Gasteiger partial charge on any atom is 0.341 e. The van der Waals surface area contributed by atoms with E-state index >= 15 is 0 Å². The number of nitrogens with one attached hydrogen (secondary N) is 2. The van der Waals surface area contributed by atoms with Crippen LogP contribution in [0, 0.1) is 0 Å². The lowest BCUT2D eigenvalue weighted by Crippen LogP contribution is -2.48. The van der Waals surface area contributed by atoms with Gasteiger partial charge < -0.3 is 20.1 Å². The molecule has 0 bridgehead atoms. The monoisotopic (exact) mass is 499 g/mol. The Balaban J connectivity index is 1.47. The number of nitrogens with zero attached hydrogens (tertiary/aromatic N) is 1. The van der Waals surface area contributed by atoms with Crippen LogP contribution in [0.25, 0.3) is 11.1 Å². The lowest BCUT2D eigenvalue weighted by atomic mass is 9.82. The minimum Gasteiger partial charge on any atom is -0.497 e. The maximum absolute atomic E-state index is 12.9. The smallest absolute Gasteiger partial charge is 0.341 e. The number of imide groups is 1. The van der Waals surface area contributed by atoms with E-state index in [4.69, 9.17) is 9.47 Å². The average Bonchev–Trinajstić information content (AvgIpc) is 3.37. The summed E-state index contributed by atoms with van der Waals surface area (Å²) in [5, 5.41) is 7.77. The summed E-state index contributed by atoms with van der Waals surface area (Å²) in [5.41, 5.74) is 0.873. The largest absolute Gasteiger partial charge is 0.497 e. The van der Waals surface area contributed by atoms with Gasteiger partial charge >= 0.3 is 12.0 Å². The highest BCUT2D eigenvalue weighted by atomic mass is 32.1. The SMILES string of the molecule is CCOC(=O)c1c(-c2ccc(OC)cc2)csc1NC(=O)CCN1C(=O)NC2(CCCCC2)C1=O. The molecule has 1 saturated heterocycles. The van der Waals surface area contributed by atoms with E-state index in [9.17, 15) is 19.2 Å². The van der Waals surface area contributed by atoms with E-state index < -0.39 is 23.4 Å². The first-order valence-electron chi connectivity index (χ1n) is 11.8. The number of thiophene rings is 1. The van der Waals surface area contributed by atoms with E-state index in [-0.39, 0.29) is 31.0 Å². The highest BCUT2D eigenvalue weighted by Gasteiger charge is 2.51. The molecule has 2 fully saturated rings. The van der Waals surface area contributed by atoms with Crippen LogP contribution >= 0.6 is 11.3 Å². The molecule has 2 N–H and O–H groups in total. The van der Waals surface area contributed by atoms with Crippen molar-refractivity contribution in [2.24, 2.45) is 0 Å². The van der Waals surface area contributed by atoms with Gasteiger partial charge in [-0.15, -0.1) is 11.3 Å². The van der Waals surface area contributed by atoms with Gasteiger partial charge in [-0.1, -0.05) is 31.4 Å². The number of benzene rings is 1. The number of amides is 4. The van der Waals surface area contributed by atoms with Gasteiger partial charge in [0.15, 0.2) is 0 Å². The Labute approximate surface area is 207 Å². The van der Waals surface area contributed by atoms with Gasteiger partial charge in [0.2, 0.25) is 5.91 Å². The molecule has 10 heteroatoms. The third-order valence-corrected chi connectivity index (χ3v) is 7.34. The quantitative estimate of drug-likeness (QED) is 0.416. The lowest BCUT2D eigenvalue weighted by Gasteiger charge is -2.30. The number of urea groups is 1. The summed E-state index contributed by atoms with van der Waals surface area (Å²) in [7, 11) is 1.57. The van der Waals surface area contributed by atoms with E-state index in [0.717, 1.165) is 29.7 Å². The van der Waals surface area contributed by atoms with Crippen LogP contribution in [0.3, 0.4) is 0 Å². The number of ether oxygens (including phenoxy) is 2. The summed E-state index contributed by atoms with van der Waals surface area (Å²) in [5.74, 6) is -0.502. The first kappa shape index (κ1) is 24.7. The fourth-order valence-electron chi connectivity index (χ4n) is 4.61. The zero-order valence-electron chi connectivity index (χ0n) is 19.8. The van der Waals surface area contributed by atoms with Crippen molar-refractivity contribution in [3.05, 3.63) is 35.2 Å². The minimum absolute atomic E-state index is 0.0241. The second kappa shape index (κ2) is 10.5. The van der Waals surface area contributed by atoms with E-state index in [2.05, 4.69) is 10.6 Å². The highest BCUT2D eigenvalue weighted by Crippen LogP contribution is 2.37. The summed E-state index contributed by atoms with van der Waals surface area (Å²) in [6.07, 6.45) is 4.03. The molecule has 1 saturated carbocycles. The van der Waals surface area contributed by atoms with Gasteiger partial charge in [0.25, 0.3) is 5.91 Å². The molecule has 2 heterocycles. The molecule has 2 aromatic rings. The molecule has 1 aromatic carbocycles. The Kier molecular flexibility index (Phi) is 7.39. The number of esters is 1. The van der Waals surface area contributed by atoms with Crippen molar-refractivity contribution in [3.8, 4) is 16.9 Å². The van der Waals surface area contributed by atoms with E-state index in [1.54, 1.807) is 31.5 Å². The van der Waals surface area contributed by atoms with Gasteiger partial charge in [0.1, 0.15) is 21.9 Å².